The first-order chi connectivity index (χ1) is 17.4. The van der Waals surface area contributed by atoms with Crippen LogP contribution in [0.1, 0.15) is 27.0 Å². The molecule has 4 aromatic carbocycles. The van der Waals surface area contributed by atoms with E-state index in [1.54, 1.807) is 30.3 Å². The zero-order chi connectivity index (χ0) is 25.0. The fourth-order valence-electron chi connectivity index (χ4n) is 4.83. The standard InChI is InChI=1S/C30H22FN3O2/c1-16-12-21(18-6-9-22(31)10-7-18)14-25-26(16)28-24-13-20(8-11-23(24)27(25)36-28)30(35)34-15-17-2-4-19(5-3-17)29(32)33/h2-14H,15H2,1H3,(H3,32,33)(H,34,35). The maximum absolute atomic E-state index is 13.4. The van der Waals surface area contributed by atoms with Gasteiger partial charge in [-0.2, -0.15) is 0 Å². The SMILES string of the molecule is Cc1cc(-c2ccc(F)cc2)cc2c3oc(c4cc(C(=O)NCc5ccc(C(=N)N)cc5)ccc43)c12. The van der Waals surface area contributed by atoms with Crippen LogP contribution in [-0.4, -0.2) is 11.7 Å². The number of aryl methyl sites for hydroxylation is 1. The smallest absolute Gasteiger partial charge is 0.251 e. The Morgan fingerprint density at radius 3 is 2.31 bits per heavy atom. The van der Waals surface area contributed by atoms with Gasteiger partial charge >= 0.3 is 0 Å². The fourth-order valence-corrected chi connectivity index (χ4v) is 4.83. The normalized spacial score (nSPS) is 11.5. The van der Waals surface area contributed by atoms with E-state index in [2.05, 4.69) is 17.4 Å². The van der Waals surface area contributed by atoms with E-state index in [0.717, 1.165) is 55.0 Å². The second-order valence-corrected chi connectivity index (χ2v) is 9.04. The molecule has 0 unspecified atom stereocenters. The average Bonchev–Trinajstić information content (AvgIpc) is 3.45. The zero-order valence-corrected chi connectivity index (χ0v) is 19.5. The minimum atomic E-state index is -0.261. The van der Waals surface area contributed by atoms with Gasteiger partial charge in [-0.1, -0.05) is 42.5 Å². The lowest BCUT2D eigenvalue weighted by molar-refractivity contribution is 0.0951. The Kier molecular flexibility index (Phi) is 4.97. The van der Waals surface area contributed by atoms with Gasteiger partial charge in [-0.15, -0.1) is 0 Å². The molecule has 0 aliphatic rings. The number of amides is 1. The predicted molar refractivity (Wildman–Crippen MR) is 141 cm³/mol. The van der Waals surface area contributed by atoms with Gasteiger partial charge in [-0.25, -0.2) is 4.39 Å². The number of hydrogen-bond acceptors (Lipinski definition) is 3. The molecule has 0 fully saturated rings. The molecule has 0 aliphatic carbocycles. The van der Waals surface area contributed by atoms with Crippen molar-refractivity contribution in [1.29, 1.82) is 5.41 Å². The minimum Gasteiger partial charge on any atom is -0.455 e. The zero-order valence-electron chi connectivity index (χ0n) is 19.5. The van der Waals surface area contributed by atoms with Crippen LogP contribution in [0.15, 0.2) is 83.3 Å². The molecule has 176 valence electrons. The quantitative estimate of drug-likeness (QED) is 0.151. The third-order valence-corrected chi connectivity index (χ3v) is 6.68. The highest BCUT2D eigenvalue weighted by Crippen LogP contribution is 2.43. The van der Waals surface area contributed by atoms with Crippen molar-refractivity contribution in [3.05, 3.63) is 107 Å². The molecule has 2 aromatic heterocycles. The Morgan fingerprint density at radius 1 is 0.861 bits per heavy atom. The number of carbonyl (C=O) groups is 1. The Hall–Kier alpha value is -4.71. The van der Waals surface area contributed by atoms with Crippen LogP contribution in [0.4, 0.5) is 4.39 Å². The van der Waals surface area contributed by atoms with Gasteiger partial charge in [0.2, 0.25) is 0 Å². The number of nitrogen functional groups attached to an aromatic ring is 1. The van der Waals surface area contributed by atoms with Crippen LogP contribution in [0.25, 0.3) is 43.8 Å². The van der Waals surface area contributed by atoms with Gasteiger partial charge in [0.1, 0.15) is 22.8 Å². The van der Waals surface area contributed by atoms with Crippen molar-refractivity contribution in [2.24, 2.45) is 5.73 Å². The summed E-state index contributed by atoms with van der Waals surface area (Å²) in [5.41, 5.74) is 12.2. The summed E-state index contributed by atoms with van der Waals surface area (Å²) in [5.74, 6) is -0.423. The van der Waals surface area contributed by atoms with Crippen molar-refractivity contribution in [3.8, 4) is 11.1 Å². The number of benzene rings is 5. The Balaban J connectivity index is 1.32. The average molecular weight is 476 g/mol. The topological polar surface area (TPSA) is 92.1 Å². The molecule has 4 N–H and O–H groups in total. The molecule has 36 heavy (non-hydrogen) atoms. The molecule has 0 spiro atoms. The number of nitrogens with one attached hydrogen (secondary N) is 2. The summed E-state index contributed by atoms with van der Waals surface area (Å²) in [5, 5.41) is 14.4. The van der Waals surface area contributed by atoms with Gasteiger partial charge in [0, 0.05) is 39.2 Å². The van der Waals surface area contributed by atoms with E-state index in [-0.39, 0.29) is 17.6 Å². The molecule has 1 amide bonds. The Labute approximate surface area is 206 Å². The molecule has 6 aromatic rings. The second-order valence-electron chi connectivity index (χ2n) is 9.04. The number of amidine groups is 1. The molecule has 6 heteroatoms. The second kappa shape index (κ2) is 8.20. The number of carbonyl (C=O) groups excluding carboxylic acids is 1. The van der Waals surface area contributed by atoms with Crippen molar-refractivity contribution in [1.82, 2.24) is 5.32 Å². The van der Waals surface area contributed by atoms with Crippen LogP contribution >= 0.6 is 0 Å². The van der Waals surface area contributed by atoms with Crippen LogP contribution in [-0.2, 0) is 6.54 Å². The first-order valence-electron chi connectivity index (χ1n) is 11.6. The summed E-state index contributed by atoms with van der Waals surface area (Å²) in [4.78, 5) is 12.9. The van der Waals surface area contributed by atoms with Gasteiger partial charge in [-0.3, -0.25) is 10.2 Å². The van der Waals surface area contributed by atoms with Crippen LogP contribution < -0.4 is 11.1 Å². The molecule has 2 bridgehead atoms. The van der Waals surface area contributed by atoms with Crippen LogP contribution in [0, 0.1) is 18.2 Å². The number of hydrogen-bond donors (Lipinski definition) is 3. The number of rotatable bonds is 5. The fraction of sp³-hybridized carbons (Fsp3) is 0.0667. The molecule has 0 radical (unpaired) electrons. The van der Waals surface area contributed by atoms with E-state index in [1.165, 1.54) is 12.1 Å². The summed E-state index contributed by atoms with van der Waals surface area (Å²) in [6, 6.07) is 23.5. The highest BCUT2D eigenvalue weighted by molar-refractivity contribution is 6.27. The third kappa shape index (κ3) is 3.55. The van der Waals surface area contributed by atoms with Gasteiger partial charge in [-0.05, 0) is 65.6 Å². The van der Waals surface area contributed by atoms with E-state index in [4.69, 9.17) is 15.6 Å². The molecule has 5 nitrogen and oxygen atoms in total. The maximum atomic E-state index is 13.4. The Bertz CT molecular complexity index is 1780. The lowest BCUT2D eigenvalue weighted by Crippen LogP contribution is -2.22. The highest BCUT2D eigenvalue weighted by atomic mass is 19.1. The summed E-state index contributed by atoms with van der Waals surface area (Å²) in [7, 11) is 0. The molecule has 6 rings (SSSR count). The van der Waals surface area contributed by atoms with Crippen molar-refractivity contribution in [2.75, 3.05) is 0 Å². The van der Waals surface area contributed by atoms with E-state index in [1.807, 2.05) is 31.2 Å². The molecule has 0 saturated carbocycles. The largest absolute Gasteiger partial charge is 0.455 e. The van der Waals surface area contributed by atoms with Crippen molar-refractivity contribution < 1.29 is 13.6 Å². The molecule has 0 aliphatic heterocycles. The number of nitrogens with two attached hydrogens (primary N) is 1. The van der Waals surface area contributed by atoms with Gasteiger partial charge in [0.05, 0.1) is 0 Å². The van der Waals surface area contributed by atoms with Crippen molar-refractivity contribution >= 4 is 44.5 Å². The molecular formula is C30H22FN3O2. The highest BCUT2D eigenvalue weighted by Gasteiger charge is 2.21. The van der Waals surface area contributed by atoms with Crippen molar-refractivity contribution in [3.63, 3.8) is 0 Å². The number of fused-ring (bicyclic) bond motifs is 8. The minimum absolute atomic E-state index is 0.0131. The van der Waals surface area contributed by atoms with Crippen molar-refractivity contribution in [2.45, 2.75) is 13.5 Å². The Morgan fingerprint density at radius 2 is 1.58 bits per heavy atom. The van der Waals surface area contributed by atoms with Gasteiger partial charge in [0.15, 0.2) is 0 Å². The molecule has 2 heterocycles. The first-order valence-corrected chi connectivity index (χ1v) is 11.6. The summed E-state index contributed by atoms with van der Waals surface area (Å²) >= 11 is 0. The van der Waals surface area contributed by atoms with E-state index in [9.17, 15) is 9.18 Å². The molecule has 0 atom stereocenters. The van der Waals surface area contributed by atoms with Crippen LogP contribution in [0.5, 0.6) is 0 Å². The molecule has 0 saturated heterocycles. The first kappa shape index (κ1) is 21.8. The number of furan rings is 2. The molecular weight excluding hydrogens is 453 g/mol. The summed E-state index contributed by atoms with van der Waals surface area (Å²) in [6.45, 7) is 2.41. The van der Waals surface area contributed by atoms with Crippen LogP contribution in [0.3, 0.4) is 0 Å². The number of halogens is 1. The van der Waals surface area contributed by atoms with Gasteiger partial charge < -0.3 is 15.5 Å². The predicted octanol–water partition coefficient (Wildman–Crippen LogP) is 6.51. The lowest BCUT2D eigenvalue weighted by atomic mass is 9.94. The summed E-state index contributed by atoms with van der Waals surface area (Å²) < 4.78 is 19.6. The third-order valence-electron chi connectivity index (χ3n) is 6.68. The maximum Gasteiger partial charge on any atom is 0.251 e. The van der Waals surface area contributed by atoms with E-state index >= 15 is 0 Å². The monoisotopic (exact) mass is 475 g/mol. The van der Waals surface area contributed by atoms with E-state index in [0.29, 0.717) is 17.7 Å². The lowest BCUT2D eigenvalue weighted by Gasteiger charge is -2.09. The summed E-state index contributed by atoms with van der Waals surface area (Å²) in [6.07, 6.45) is 0. The van der Waals surface area contributed by atoms with Gasteiger partial charge in [0.25, 0.3) is 5.91 Å². The van der Waals surface area contributed by atoms with Crippen LogP contribution in [0.2, 0.25) is 0 Å². The van der Waals surface area contributed by atoms with E-state index < -0.39 is 0 Å².